The monoisotopic (exact) mass is 649 g/mol. The zero-order chi connectivity index (χ0) is 33.8. The lowest BCUT2D eigenvalue weighted by atomic mass is 9.82. The third-order valence-electron chi connectivity index (χ3n) is 11.9. The van der Waals surface area contributed by atoms with Crippen LogP contribution in [0.2, 0.25) is 0 Å². The Labute approximate surface area is 298 Å². The highest BCUT2D eigenvalue weighted by Crippen LogP contribution is 2.52. The third kappa shape index (κ3) is 4.03. The Morgan fingerprint density at radius 1 is 0.431 bits per heavy atom. The van der Waals surface area contributed by atoms with Crippen molar-refractivity contribution < 1.29 is 0 Å². The van der Waals surface area contributed by atoms with E-state index in [1.807, 2.05) is 0 Å². The van der Waals surface area contributed by atoms with E-state index in [0.29, 0.717) is 0 Å². The SMILES string of the molecule is CC1(C)c2ccccc2-c2cc3c(cc21)c1cc(-c2ccc4c(c2)-c2ccccc2C4c2ccccc2)ccc1n3-c1ccc2ccccc2c1. The normalized spacial score (nSPS) is 15.2. The van der Waals surface area contributed by atoms with E-state index < -0.39 is 0 Å². The second-order valence-electron chi connectivity index (χ2n) is 14.9. The Morgan fingerprint density at radius 3 is 2.00 bits per heavy atom. The molecule has 51 heavy (non-hydrogen) atoms. The summed E-state index contributed by atoms with van der Waals surface area (Å²) in [5.74, 6) is 0.253. The van der Waals surface area contributed by atoms with Gasteiger partial charge in [0.15, 0.2) is 0 Å². The molecule has 0 radical (unpaired) electrons. The molecular formula is C50H35N. The maximum atomic E-state index is 2.50. The summed E-state index contributed by atoms with van der Waals surface area (Å²) in [5.41, 5.74) is 18.4. The number of rotatable bonds is 3. The van der Waals surface area contributed by atoms with Crippen LogP contribution in [0.5, 0.6) is 0 Å². The van der Waals surface area contributed by atoms with Crippen LogP contribution in [-0.2, 0) is 5.41 Å². The fourth-order valence-electron chi connectivity index (χ4n) is 9.37. The first-order chi connectivity index (χ1) is 25.0. The zero-order valence-electron chi connectivity index (χ0n) is 28.7. The van der Waals surface area contributed by atoms with Gasteiger partial charge in [0.25, 0.3) is 0 Å². The highest BCUT2D eigenvalue weighted by molar-refractivity contribution is 6.13. The Morgan fingerprint density at radius 2 is 1.12 bits per heavy atom. The average Bonchev–Trinajstić information content (AvgIpc) is 3.76. The lowest BCUT2D eigenvalue weighted by Gasteiger charge is -2.21. The first-order valence-electron chi connectivity index (χ1n) is 18.0. The summed E-state index contributed by atoms with van der Waals surface area (Å²) in [6.45, 7) is 4.76. The Kier molecular flexibility index (Phi) is 5.85. The molecule has 0 spiro atoms. The van der Waals surface area contributed by atoms with Crippen LogP contribution < -0.4 is 0 Å². The maximum absolute atomic E-state index is 2.50. The molecule has 1 heteroatoms. The molecule has 8 aromatic carbocycles. The summed E-state index contributed by atoms with van der Waals surface area (Å²) in [6.07, 6.45) is 0. The Hall–Kier alpha value is -6.18. The van der Waals surface area contributed by atoms with Gasteiger partial charge in [0, 0.05) is 27.8 Å². The molecule has 2 aliphatic carbocycles. The van der Waals surface area contributed by atoms with E-state index in [1.165, 1.54) is 99.5 Å². The summed E-state index contributed by atoms with van der Waals surface area (Å²) in [4.78, 5) is 0. The summed E-state index contributed by atoms with van der Waals surface area (Å²) >= 11 is 0. The molecule has 0 saturated carbocycles. The first-order valence-corrected chi connectivity index (χ1v) is 18.0. The van der Waals surface area contributed by atoms with Gasteiger partial charge in [-0.05, 0) is 114 Å². The lowest BCUT2D eigenvalue weighted by Crippen LogP contribution is -2.14. The van der Waals surface area contributed by atoms with E-state index in [9.17, 15) is 0 Å². The van der Waals surface area contributed by atoms with E-state index in [0.717, 1.165) is 0 Å². The molecule has 1 unspecified atom stereocenters. The van der Waals surface area contributed by atoms with Crippen molar-refractivity contribution in [3.63, 3.8) is 0 Å². The van der Waals surface area contributed by atoms with Crippen molar-refractivity contribution in [2.75, 3.05) is 0 Å². The van der Waals surface area contributed by atoms with Crippen LogP contribution in [0.1, 0.15) is 47.6 Å². The van der Waals surface area contributed by atoms with Gasteiger partial charge in [-0.25, -0.2) is 0 Å². The largest absolute Gasteiger partial charge is 0.309 e. The second-order valence-corrected chi connectivity index (χ2v) is 14.9. The molecule has 0 N–H and O–H groups in total. The highest BCUT2D eigenvalue weighted by atomic mass is 15.0. The van der Waals surface area contributed by atoms with Crippen LogP contribution in [0.4, 0.5) is 0 Å². The fraction of sp³-hybridized carbons (Fsp3) is 0.0800. The molecule has 2 aliphatic rings. The van der Waals surface area contributed by atoms with Gasteiger partial charge in [-0.15, -0.1) is 0 Å². The number of aromatic nitrogens is 1. The van der Waals surface area contributed by atoms with Crippen molar-refractivity contribution in [1.29, 1.82) is 0 Å². The van der Waals surface area contributed by atoms with Crippen molar-refractivity contribution in [3.05, 3.63) is 198 Å². The fourth-order valence-corrected chi connectivity index (χ4v) is 9.37. The molecule has 9 aromatic rings. The van der Waals surface area contributed by atoms with Crippen LogP contribution in [-0.4, -0.2) is 4.57 Å². The van der Waals surface area contributed by atoms with Gasteiger partial charge in [0.2, 0.25) is 0 Å². The van der Waals surface area contributed by atoms with Crippen LogP contribution in [0, 0.1) is 0 Å². The molecule has 0 amide bonds. The van der Waals surface area contributed by atoms with Crippen LogP contribution in [0.15, 0.2) is 170 Å². The average molecular weight is 650 g/mol. The van der Waals surface area contributed by atoms with Gasteiger partial charge >= 0.3 is 0 Å². The van der Waals surface area contributed by atoms with Crippen molar-refractivity contribution >= 4 is 32.6 Å². The standard InChI is InChI=1S/C50H35N/c1-50(2)45-19-11-10-17-38(45)42-30-48-44(29-46(42)50)43-28-35(22-25-47(43)51(48)36-23-20-31-12-6-7-15-33(31)26-36)34-21-24-40-41(27-34)37-16-8-9-18-39(37)49(40)32-13-4-3-5-14-32/h3-30,49H,1-2H3. The summed E-state index contributed by atoms with van der Waals surface area (Å²) < 4.78 is 2.48. The second kappa shape index (κ2) is 10.4. The van der Waals surface area contributed by atoms with Gasteiger partial charge in [-0.2, -0.15) is 0 Å². The maximum Gasteiger partial charge on any atom is 0.0547 e. The van der Waals surface area contributed by atoms with Gasteiger partial charge in [0.1, 0.15) is 0 Å². The van der Waals surface area contributed by atoms with Gasteiger partial charge in [-0.3, -0.25) is 0 Å². The molecule has 11 rings (SSSR count). The van der Waals surface area contributed by atoms with Crippen LogP contribution in [0.25, 0.3) is 71.6 Å². The zero-order valence-corrected chi connectivity index (χ0v) is 28.7. The molecule has 0 aliphatic heterocycles. The molecular weight excluding hydrogens is 615 g/mol. The Balaban J connectivity index is 1.14. The quantitative estimate of drug-likeness (QED) is 0.179. The lowest BCUT2D eigenvalue weighted by molar-refractivity contribution is 0.661. The summed E-state index contributed by atoms with van der Waals surface area (Å²) in [5, 5.41) is 5.10. The first kappa shape index (κ1) is 28.6. The molecule has 0 saturated heterocycles. The number of hydrogen-bond donors (Lipinski definition) is 0. The molecule has 0 fully saturated rings. The van der Waals surface area contributed by atoms with Gasteiger partial charge < -0.3 is 4.57 Å². The van der Waals surface area contributed by atoms with Crippen molar-refractivity contribution in [1.82, 2.24) is 4.57 Å². The number of nitrogens with zero attached hydrogens (tertiary/aromatic N) is 1. The molecule has 240 valence electrons. The molecule has 1 atom stereocenters. The molecule has 1 heterocycles. The van der Waals surface area contributed by atoms with E-state index >= 15 is 0 Å². The molecule has 1 nitrogen and oxygen atoms in total. The Bertz CT molecular complexity index is 2890. The van der Waals surface area contributed by atoms with E-state index in [1.54, 1.807) is 0 Å². The topological polar surface area (TPSA) is 4.93 Å². The van der Waals surface area contributed by atoms with E-state index in [2.05, 4.69) is 188 Å². The van der Waals surface area contributed by atoms with Crippen molar-refractivity contribution in [2.24, 2.45) is 0 Å². The number of fused-ring (bicyclic) bond motifs is 10. The van der Waals surface area contributed by atoms with E-state index in [-0.39, 0.29) is 11.3 Å². The van der Waals surface area contributed by atoms with Crippen LogP contribution >= 0.6 is 0 Å². The van der Waals surface area contributed by atoms with Gasteiger partial charge in [-0.1, -0.05) is 141 Å². The third-order valence-corrected chi connectivity index (χ3v) is 11.9. The minimum atomic E-state index is -0.0717. The van der Waals surface area contributed by atoms with Gasteiger partial charge in [0.05, 0.1) is 11.0 Å². The van der Waals surface area contributed by atoms with Crippen molar-refractivity contribution in [2.45, 2.75) is 25.2 Å². The minimum absolute atomic E-state index is 0.0717. The summed E-state index contributed by atoms with van der Waals surface area (Å²) in [7, 11) is 0. The molecule has 1 aromatic heterocycles. The highest BCUT2D eigenvalue weighted by Gasteiger charge is 2.36. The predicted octanol–water partition coefficient (Wildman–Crippen LogP) is 13.1. The van der Waals surface area contributed by atoms with Crippen LogP contribution in [0.3, 0.4) is 0 Å². The number of hydrogen-bond acceptors (Lipinski definition) is 0. The predicted molar refractivity (Wildman–Crippen MR) is 214 cm³/mol. The van der Waals surface area contributed by atoms with E-state index in [4.69, 9.17) is 0 Å². The number of benzene rings is 8. The molecule has 0 bridgehead atoms. The summed E-state index contributed by atoms with van der Waals surface area (Å²) in [6, 6.07) is 63.6. The minimum Gasteiger partial charge on any atom is -0.309 e. The smallest absolute Gasteiger partial charge is 0.0547 e. The van der Waals surface area contributed by atoms with Crippen molar-refractivity contribution in [3.8, 4) is 39.1 Å².